The Hall–Kier alpha value is -1.12. The number of fused-ring (bicyclic) bond motifs is 1. The van der Waals surface area contributed by atoms with Crippen molar-refractivity contribution >= 4 is 45.6 Å². The summed E-state index contributed by atoms with van der Waals surface area (Å²) in [5.41, 5.74) is 2.62. The molecule has 0 aliphatic heterocycles. The molecule has 6 radical (unpaired) electrons. The average Bonchev–Trinajstić information content (AvgIpc) is 2.27. The number of benzene rings is 1. The predicted octanol–water partition coefficient (Wildman–Crippen LogP) is -1.14. The monoisotopic (exact) mass is 162 g/mol. The lowest BCUT2D eigenvalue weighted by molar-refractivity contribution is 1.10. The normalized spacial score (nSPS) is 10.8. The Morgan fingerprint density at radius 2 is 2.00 bits per heavy atom. The van der Waals surface area contributed by atoms with Crippen LogP contribution < -0.4 is 10.9 Å². The second kappa shape index (κ2) is 2.69. The highest BCUT2D eigenvalue weighted by Gasteiger charge is 2.05. The first-order valence-corrected chi connectivity index (χ1v) is 3.88. The highest BCUT2D eigenvalue weighted by molar-refractivity contribution is 6.43. The highest BCUT2D eigenvalue weighted by atomic mass is 15.0. The second-order valence-corrected chi connectivity index (χ2v) is 3.01. The van der Waals surface area contributed by atoms with Crippen molar-refractivity contribution in [3.05, 3.63) is 18.0 Å². The first kappa shape index (κ1) is 8.48. The molecule has 0 unspecified atom stereocenters. The van der Waals surface area contributed by atoms with Gasteiger partial charge in [0, 0.05) is 5.52 Å². The fourth-order valence-corrected chi connectivity index (χ4v) is 1.40. The van der Waals surface area contributed by atoms with Crippen LogP contribution in [0.4, 0.5) is 0 Å². The fourth-order valence-electron chi connectivity index (χ4n) is 1.40. The molecule has 13 heavy (non-hydrogen) atoms. The van der Waals surface area contributed by atoms with E-state index in [4.69, 9.17) is 23.7 Å². The van der Waals surface area contributed by atoms with Crippen LogP contribution in [0, 0.1) is 6.92 Å². The minimum Gasteiger partial charge on any atom is -0.385 e. The smallest absolute Gasteiger partial charge is 0.236 e. The van der Waals surface area contributed by atoms with Crippen molar-refractivity contribution in [2.24, 2.45) is 0 Å². The quantitative estimate of drug-likeness (QED) is 0.447. The third kappa shape index (κ3) is 1.19. The summed E-state index contributed by atoms with van der Waals surface area (Å²) < 4.78 is 1.46. The summed E-state index contributed by atoms with van der Waals surface area (Å²) in [6, 6.07) is 3.43. The molecule has 0 aliphatic rings. The molecule has 1 heterocycles. The first-order valence-electron chi connectivity index (χ1n) is 3.88. The minimum absolute atomic E-state index is 0.554. The van der Waals surface area contributed by atoms with Gasteiger partial charge >= 0.3 is 0 Å². The van der Waals surface area contributed by atoms with E-state index < -0.39 is 0 Å². The van der Waals surface area contributed by atoms with Gasteiger partial charge in [-0.05, 0) is 13.0 Å². The van der Waals surface area contributed by atoms with Crippen LogP contribution in [-0.4, -0.2) is 33.1 Å². The lowest BCUT2D eigenvalue weighted by atomic mass is 9.86. The van der Waals surface area contributed by atoms with Gasteiger partial charge in [0.15, 0.2) is 0 Å². The molecule has 1 aromatic carbocycles. The van der Waals surface area contributed by atoms with E-state index in [1.54, 1.807) is 12.1 Å². The Kier molecular flexibility index (Phi) is 1.75. The highest BCUT2D eigenvalue weighted by Crippen LogP contribution is 2.09. The van der Waals surface area contributed by atoms with Crippen molar-refractivity contribution in [1.82, 2.24) is 9.46 Å². The molecule has 0 N–H and O–H groups in total. The summed E-state index contributed by atoms with van der Waals surface area (Å²) in [5, 5.41) is 0. The third-order valence-corrected chi connectivity index (χ3v) is 2.01. The van der Waals surface area contributed by atoms with Gasteiger partial charge < -0.3 is 4.48 Å². The van der Waals surface area contributed by atoms with Crippen molar-refractivity contribution in [3.8, 4) is 0 Å². The van der Waals surface area contributed by atoms with Gasteiger partial charge in [-0.2, -0.15) is 0 Å². The molecule has 0 saturated carbocycles. The second-order valence-electron chi connectivity index (χ2n) is 3.01. The van der Waals surface area contributed by atoms with Crippen LogP contribution in [0.3, 0.4) is 0 Å². The molecular weight excluding hydrogens is 157 g/mol. The van der Waals surface area contributed by atoms with Crippen LogP contribution in [-0.2, 0) is 0 Å². The Bertz CT molecular complexity index is 476. The molecule has 2 rings (SSSR count). The molecule has 0 atom stereocenters. The molecule has 5 heteroatoms. The van der Waals surface area contributed by atoms with Crippen LogP contribution in [0.25, 0.3) is 11.0 Å². The molecule has 2 aromatic rings. The maximum Gasteiger partial charge on any atom is 0.236 e. The van der Waals surface area contributed by atoms with E-state index in [0.29, 0.717) is 16.8 Å². The van der Waals surface area contributed by atoms with Crippen LogP contribution in [0.5, 0.6) is 0 Å². The van der Waals surface area contributed by atoms with E-state index in [0.717, 1.165) is 11.0 Å². The van der Waals surface area contributed by atoms with Crippen LogP contribution >= 0.6 is 0 Å². The van der Waals surface area contributed by atoms with Crippen LogP contribution in [0.2, 0.25) is 0 Å². The van der Waals surface area contributed by atoms with Gasteiger partial charge in [0.05, 0.1) is 11.3 Å². The number of imidazole rings is 1. The summed E-state index contributed by atoms with van der Waals surface area (Å²) in [6.07, 6.45) is 0. The lowest BCUT2D eigenvalue weighted by Crippen LogP contribution is -2.16. The maximum atomic E-state index is 5.75. The van der Waals surface area contributed by atoms with E-state index in [-0.39, 0.29) is 0 Å². The zero-order valence-electron chi connectivity index (χ0n) is 7.28. The molecule has 0 saturated heterocycles. The Morgan fingerprint density at radius 1 is 1.31 bits per heavy atom. The summed E-state index contributed by atoms with van der Waals surface area (Å²) in [6.45, 7) is 1.82. The number of nitrogens with zero attached hydrogens (tertiary/aromatic N) is 2. The molecule has 0 spiro atoms. The third-order valence-electron chi connectivity index (χ3n) is 2.01. The van der Waals surface area contributed by atoms with E-state index in [9.17, 15) is 0 Å². The van der Waals surface area contributed by atoms with Gasteiger partial charge in [0.2, 0.25) is 7.98 Å². The number of rotatable bonds is 0. The Labute approximate surface area is 80.6 Å². The lowest BCUT2D eigenvalue weighted by Gasteiger charge is -2.02. The molecular formula is C8H5B3N2. The van der Waals surface area contributed by atoms with Crippen molar-refractivity contribution < 1.29 is 0 Å². The van der Waals surface area contributed by atoms with E-state index in [1.807, 2.05) is 6.92 Å². The van der Waals surface area contributed by atoms with Crippen molar-refractivity contribution in [3.63, 3.8) is 0 Å². The summed E-state index contributed by atoms with van der Waals surface area (Å²) in [5.74, 6) is 0.715. The number of aryl methyl sites for hydroxylation is 1. The molecule has 0 aliphatic carbocycles. The van der Waals surface area contributed by atoms with Gasteiger partial charge in [0.25, 0.3) is 0 Å². The zero-order chi connectivity index (χ0) is 9.59. The predicted molar refractivity (Wildman–Crippen MR) is 56.4 cm³/mol. The van der Waals surface area contributed by atoms with Gasteiger partial charge in [-0.25, -0.2) is 4.98 Å². The standard InChI is InChI=1S/C8H5B3N2/c1-4-12-7-3-5(9)2-6(10)8(7)13(4)11/h2-3H,1H3. The summed E-state index contributed by atoms with van der Waals surface area (Å²) in [7, 11) is 17.1. The number of hydrogen-bond acceptors (Lipinski definition) is 1. The molecule has 0 amide bonds. The van der Waals surface area contributed by atoms with Crippen molar-refractivity contribution in [2.75, 3.05) is 0 Å². The summed E-state index contributed by atoms with van der Waals surface area (Å²) in [4.78, 5) is 4.21. The first-order chi connectivity index (χ1) is 6.09. The molecule has 2 nitrogen and oxygen atoms in total. The van der Waals surface area contributed by atoms with E-state index in [1.165, 1.54) is 4.48 Å². The molecule has 1 aromatic heterocycles. The molecule has 0 fully saturated rings. The molecule has 0 bridgehead atoms. The Morgan fingerprint density at radius 3 is 2.69 bits per heavy atom. The van der Waals surface area contributed by atoms with Gasteiger partial charge in [-0.3, -0.25) is 0 Å². The Balaban J connectivity index is 2.94. The van der Waals surface area contributed by atoms with Crippen LogP contribution in [0.1, 0.15) is 5.82 Å². The average molecular weight is 162 g/mol. The van der Waals surface area contributed by atoms with Crippen LogP contribution in [0.15, 0.2) is 12.1 Å². The number of hydrogen-bond donors (Lipinski definition) is 0. The van der Waals surface area contributed by atoms with Gasteiger partial charge in [-0.1, -0.05) is 17.0 Å². The van der Waals surface area contributed by atoms with Crippen molar-refractivity contribution in [1.29, 1.82) is 0 Å². The maximum absolute atomic E-state index is 5.75. The zero-order valence-corrected chi connectivity index (χ0v) is 7.28. The van der Waals surface area contributed by atoms with E-state index >= 15 is 0 Å². The SMILES string of the molecule is [B]c1cc([B])c2c(c1)nc(C)n2[B]. The molecule has 56 valence electrons. The van der Waals surface area contributed by atoms with E-state index in [2.05, 4.69) is 4.98 Å². The fraction of sp³-hybridized carbons (Fsp3) is 0.125. The minimum atomic E-state index is 0.554. The summed E-state index contributed by atoms with van der Waals surface area (Å²) >= 11 is 0. The number of aromatic nitrogens is 2. The largest absolute Gasteiger partial charge is 0.385 e. The van der Waals surface area contributed by atoms with Gasteiger partial charge in [-0.15, -0.1) is 0 Å². The van der Waals surface area contributed by atoms with Crippen molar-refractivity contribution in [2.45, 2.75) is 6.92 Å². The van der Waals surface area contributed by atoms with Gasteiger partial charge in [0.1, 0.15) is 15.7 Å². The topological polar surface area (TPSA) is 17.8 Å².